The summed E-state index contributed by atoms with van der Waals surface area (Å²) in [4.78, 5) is 29.1. The molecule has 10 heteroatoms. The van der Waals surface area contributed by atoms with Gasteiger partial charge in [-0.1, -0.05) is 43.3 Å². The smallest absolute Gasteiger partial charge is 0.277 e. The number of hydrogen-bond acceptors (Lipinski definition) is 7. The van der Waals surface area contributed by atoms with Gasteiger partial charge < -0.3 is 19.5 Å². The zero-order chi connectivity index (χ0) is 24.1. The summed E-state index contributed by atoms with van der Waals surface area (Å²) in [6.45, 7) is 6.68. The van der Waals surface area contributed by atoms with Gasteiger partial charge in [0.15, 0.2) is 0 Å². The van der Waals surface area contributed by atoms with Gasteiger partial charge in [-0.25, -0.2) is 0 Å². The first-order chi connectivity index (χ1) is 16.4. The van der Waals surface area contributed by atoms with E-state index in [-0.39, 0.29) is 23.5 Å². The molecule has 0 spiro atoms. The molecule has 0 aliphatic carbocycles. The molecule has 0 radical (unpaired) electrons. The van der Waals surface area contributed by atoms with Crippen molar-refractivity contribution in [3.05, 3.63) is 65.0 Å². The SMILES string of the molecule is CC(C)c1nnc(SCC(=O)Nc2ccc(N3CCN(C(=O)c4cccc(Cl)c4)CC3)cc2)o1. The van der Waals surface area contributed by atoms with Crippen LogP contribution in [0.25, 0.3) is 0 Å². The quantitative estimate of drug-likeness (QED) is 0.477. The third-order valence-electron chi connectivity index (χ3n) is 5.40. The fourth-order valence-corrected chi connectivity index (χ4v) is 4.32. The van der Waals surface area contributed by atoms with Crippen molar-refractivity contribution in [3.63, 3.8) is 0 Å². The number of nitrogens with one attached hydrogen (secondary N) is 1. The van der Waals surface area contributed by atoms with Crippen molar-refractivity contribution in [1.29, 1.82) is 0 Å². The fourth-order valence-electron chi connectivity index (χ4n) is 3.56. The zero-order valence-electron chi connectivity index (χ0n) is 19.0. The van der Waals surface area contributed by atoms with E-state index >= 15 is 0 Å². The van der Waals surface area contributed by atoms with Crippen LogP contribution in [0.1, 0.15) is 36.0 Å². The first-order valence-corrected chi connectivity index (χ1v) is 12.4. The summed E-state index contributed by atoms with van der Waals surface area (Å²) in [6, 6.07) is 14.8. The maximum absolute atomic E-state index is 12.7. The highest BCUT2D eigenvalue weighted by atomic mass is 35.5. The molecule has 2 amide bonds. The van der Waals surface area contributed by atoms with E-state index in [9.17, 15) is 9.59 Å². The Bertz CT molecular complexity index is 1140. The van der Waals surface area contributed by atoms with Gasteiger partial charge in [-0.15, -0.1) is 10.2 Å². The molecule has 1 saturated heterocycles. The summed E-state index contributed by atoms with van der Waals surface area (Å²) in [7, 11) is 0. The number of piperazine rings is 1. The highest BCUT2D eigenvalue weighted by Gasteiger charge is 2.22. The van der Waals surface area contributed by atoms with Crippen LogP contribution in [0.2, 0.25) is 5.02 Å². The number of amides is 2. The number of hydrogen-bond donors (Lipinski definition) is 1. The second-order valence-corrected chi connectivity index (χ2v) is 9.60. The van der Waals surface area contributed by atoms with Crippen LogP contribution in [0.4, 0.5) is 11.4 Å². The number of rotatable bonds is 7. The lowest BCUT2D eigenvalue weighted by atomic mass is 10.1. The van der Waals surface area contributed by atoms with Crippen molar-refractivity contribution in [2.75, 3.05) is 42.1 Å². The molecule has 4 rings (SSSR count). The van der Waals surface area contributed by atoms with Crippen LogP contribution in [-0.4, -0.2) is 58.8 Å². The Hall–Kier alpha value is -3.04. The highest BCUT2D eigenvalue weighted by Crippen LogP contribution is 2.23. The van der Waals surface area contributed by atoms with E-state index in [2.05, 4.69) is 20.4 Å². The molecule has 0 atom stereocenters. The Morgan fingerprint density at radius 3 is 2.47 bits per heavy atom. The van der Waals surface area contributed by atoms with Gasteiger partial charge >= 0.3 is 0 Å². The summed E-state index contributed by atoms with van der Waals surface area (Å²) < 4.78 is 5.51. The second kappa shape index (κ2) is 10.9. The third kappa shape index (κ3) is 6.09. The van der Waals surface area contributed by atoms with Crippen molar-refractivity contribution in [2.45, 2.75) is 25.0 Å². The van der Waals surface area contributed by atoms with Gasteiger partial charge in [0.2, 0.25) is 11.8 Å². The lowest BCUT2D eigenvalue weighted by Gasteiger charge is -2.36. The molecule has 178 valence electrons. The molecule has 1 N–H and O–H groups in total. The Labute approximate surface area is 207 Å². The maximum Gasteiger partial charge on any atom is 0.277 e. The third-order valence-corrected chi connectivity index (χ3v) is 6.45. The fraction of sp³-hybridized carbons (Fsp3) is 0.333. The topological polar surface area (TPSA) is 91.6 Å². The van der Waals surface area contributed by atoms with Crippen molar-refractivity contribution in [2.24, 2.45) is 0 Å². The van der Waals surface area contributed by atoms with Crippen LogP contribution in [0, 0.1) is 0 Å². The van der Waals surface area contributed by atoms with Gasteiger partial charge in [-0.2, -0.15) is 0 Å². The molecule has 1 fully saturated rings. The normalized spacial score (nSPS) is 13.9. The van der Waals surface area contributed by atoms with Crippen molar-refractivity contribution in [3.8, 4) is 0 Å². The molecule has 0 unspecified atom stereocenters. The molecule has 1 aromatic heterocycles. The summed E-state index contributed by atoms with van der Waals surface area (Å²) in [5.41, 5.74) is 2.38. The largest absolute Gasteiger partial charge is 0.416 e. The van der Waals surface area contributed by atoms with Crippen LogP contribution in [0.15, 0.2) is 58.2 Å². The van der Waals surface area contributed by atoms with E-state index in [1.165, 1.54) is 11.8 Å². The van der Waals surface area contributed by atoms with E-state index in [4.69, 9.17) is 16.0 Å². The van der Waals surface area contributed by atoms with E-state index in [0.29, 0.717) is 34.8 Å². The molecular weight excluding hydrogens is 474 g/mol. The average Bonchev–Trinajstić information content (AvgIpc) is 3.33. The molecule has 2 heterocycles. The molecule has 0 bridgehead atoms. The molecule has 8 nitrogen and oxygen atoms in total. The zero-order valence-corrected chi connectivity index (χ0v) is 20.6. The highest BCUT2D eigenvalue weighted by molar-refractivity contribution is 7.99. The van der Waals surface area contributed by atoms with Gasteiger partial charge in [-0.05, 0) is 42.5 Å². The molecule has 1 aliphatic heterocycles. The van der Waals surface area contributed by atoms with Crippen LogP contribution in [0.3, 0.4) is 0 Å². The summed E-state index contributed by atoms with van der Waals surface area (Å²) in [6.07, 6.45) is 0. The lowest BCUT2D eigenvalue weighted by molar-refractivity contribution is -0.113. The Morgan fingerprint density at radius 1 is 1.09 bits per heavy atom. The van der Waals surface area contributed by atoms with Crippen LogP contribution in [-0.2, 0) is 4.79 Å². The minimum atomic E-state index is -0.143. The minimum absolute atomic E-state index is 0.000889. The average molecular weight is 500 g/mol. The lowest BCUT2D eigenvalue weighted by Crippen LogP contribution is -2.48. The van der Waals surface area contributed by atoms with E-state index < -0.39 is 0 Å². The van der Waals surface area contributed by atoms with Gasteiger partial charge in [0.05, 0.1) is 5.75 Å². The number of carbonyl (C=O) groups excluding carboxylic acids is 2. The Morgan fingerprint density at radius 2 is 1.82 bits per heavy atom. The molecule has 34 heavy (non-hydrogen) atoms. The Kier molecular flexibility index (Phi) is 7.74. The number of aromatic nitrogens is 2. The molecule has 3 aromatic rings. The van der Waals surface area contributed by atoms with Gasteiger partial charge in [0.1, 0.15) is 0 Å². The first-order valence-electron chi connectivity index (χ1n) is 11.0. The Balaban J connectivity index is 1.25. The first kappa shape index (κ1) is 24.1. The molecule has 1 aliphatic rings. The van der Waals surface area contributed by atoms with Crippen LogP contribution < -0.4 is 10.2 Å². The maximum atomic E-state index is 12.7. The molecule has 0 saturated carbocycles. The van der Waals surface area contributed by atoms with Gasteiger partial charge in [0.25, 0.3) is 11.1 Å². The molecule has 2 aromatic carbocycles. The number of thioether (sulfide) groups is 1. The van der Waals surface area contributed by atoms with E-state index in [0.717, 1.165) is 24.5 Å². The monoisotopic (exact) mass is 499 g/mol. The molecular formula is C24H26ClN5O3S. The number of halogens is 1. The standard InChI is InChI=1S/C24H26ClN5O3S/c1-16(2)22-27-28-24(33-22)34-15-21(31)26-19-6-8-20(9-7-19)29-10-12-30(13-11-29)23(32)17-4-3-5-18(25)14-17/h3-9,14,16H,10-13,15H2,1-2H3,(H,26,31). The number of anilines is 2. The van der Waals surface area contributed by atoms with Crippen molar-refractivity contribution < 1.29 is 14.0 Å². The summed E-state index contributed by atoms with van der Waals surface area (Å²) in [5.74, 6) is 0.757. The van der Waals surface area contributed by atoms with Crippen molar-refractivity contribution in [1.82, 2.24) is 15.1 Å². The van der Waals surface area contributed by atoms with Crippen LogP contribution in [0.5, 0.6) is 0 Å². The van der Waals surface area contributed by atoms with E-state index in [1.807, 2.05) is 43.0 Å². The predicted octanol–water partition coefficient (Wildman–Crippen LogP) is 4.54. The van der Waals surface area contributed by atoms with E-state index in [1.54, 1.807) is 24.3 Å². The number of benzene rings is 2. The van der Waals surface area contributed by atoms with Gasteiger partial charge in [0, 0.05) is 54.1 Å². The second-order valence-electron chi connectivity index (χ2n) is 8.23. The summed E-state index contributed by atoms with van der Waals surface area (Å²) in [5, 5.41) is 11.7. The number of carbonyl (C=O) groups is 2. The van der Waals surface area contributed by atoms with Crippen molar-refractivity contribution >= 4 is 46.6 Å². The minimum Gasteiger partial charge on any atom is -0.416 e. The van der Waals surface area contributed by atoms with Crippen LogP contribution >= 0.6 is 23.4 Å². The predicted molar refractivity (Wildman–Crippen MR) is 134 cm³/mol. The number of nitrogens with zero attached hydrogens (tertiary/aromatic N) is 4. The summed E-state index contributed by atoms with van der Waals surface area (Å²) >= 11 is 7.23. The van der Waals surface area contributed by atoms with Gasteiger partial charge in [-0.3, -0.25) is 9.59 Å².